The minimum atomic E-state index is 0.633. The van der Waals surface area contributed by atoms with Gasteiger partial charge in [-0.25, -0.2) is 9.78 Å². The van der Waals surface area contributed by atoms with E-state index in [1.807, 2.05) is 27.7 Å². The van der Waals surface area contributed by atoms with E-state index in [1.165, 1.54) is 0 Å². The van der Waals surface area contributed by atoms with Gasteiger partial charge < -0.3 is 4.74 Å². The molecule has 3 heteroatoms. The second-order valence-electron chi connectivity index (χ2n) is 1.59. The molecular formula is C8H20O3. The lowest BCUT2D eigenvalue weighted by Crippen LogP contribution is -1.90. The highest BCUT2D eigenvalue weighted by atomic mass is 17.2. The highest BCUT2D eigenvalue weighted by molar-refractivity contribution is 4.07. The van der Waals surface area contributed by atoms with Gasteiger partial charge in [0.1, 0.15) is 0 Å². The van der Waals surface area contributed by atoms with Crippen LogP contribution in [0.1, 0.15) is 27.7 Å². The van der Waals surface area contributed by atoms with Crippen LogP contribution in [0.5, 0.6) is 0 Å². The van der Waals surface area contributed by atoms with Crippen molar-refractivity contribution < 1.29 is 14.5 Å². The Balaban J connectivity index is 0. The molecule has 0 unspecified atom stereocenters. The van der Waals surface area contributed by atoms with Crippen LogP contribution in [0.2, 0.25) is 0 Å². The maximum atomic E-state index is 4.83. The maximum Gasteiger partial charge on any atom is 0.0794 e. The van der Waals surface area contributed by atoms with Crippen molar-refractivity contribution in [1.82, 2.24) is 0 Å². The molecule has 70 valence electrons. The zero-order valence-corrected chi connectivity index (χ0v) is 8.05. The summed E-state index contributed by atoms with van der Waals surface area (Å²) in [6.45, 7) is 10.7. The predicted octanol–water partition coefficient (Wildman–Crippen LogP) is 2.02. The smallest absolute Gasteiger partial charge is 0.0794 e. The fraction of sp³-hybridized carbons (Fsp3) is 1.00. The van der Waals surface area contributed by atoms with Crippen LogP contribution in [0.4, 0.5) is 0 Å². The molecule has 11 heavy (non-hydrogen) atoms. The van der Waals surface area contributed by atoms with Crippen molar-refractivity contribution in [3.63, 3.8) is 0 Å². The van der Waals surface area contributed by atoms with Crippen LogP contribution in [0.15, 0.2) is 0 Å². The van der Waals surface area contributed by atoms with Gasteiger partial charge in [-0.3, -0.25) is 0 Å². The second-order valence-corrected chi connectivity index (χ2v) is 1.59. The number of hydrogen-bond acceptors (Lipinski definition) is 3. The highest BCUT2D eigenvalue weighted by Gasteiger charge is 1.71. The number of ether oxygens (including phenoxy) is 1. The molecule has 0 atom stereocenters. The first kappa shape index (κ1) is 13.5. The van der Waals surface area contributed by atoms with Crippen molar-refractivity contribution >= 4 is 0 Å². The maximum absolute atomic E-state index is 4.83. The third-order valence-corrected chi connectivity index (χ3v) is 0.727. The summed E-state index contributed by atoms with van der Waals surface area (Å²) in [7, 11) is 0. The highest BCUT2D eigenvalue weighted by Crippen LogP contribution is 1.72. The summed E-state index contributed by atoms with van der Waals surface area (Å²) >= 11 is 0. The van der Waals surface area contributed by atoms with E-state index < -0.39 is 0 Å². The lowest BCUT2D eigenvalue weighted by atomic mass is 10.8. The molecule has 0 rings (SSSR count). The molecule has 0 heterocycles. The van der Waals surface area contributed by atoms with Crippen LogP contribution in [0, 0.1) is 0 Å². The Morgan fingerprint density at radius 1 is 0.636 bits per heavy atom. The van der Waals surface area contributed by atoms with Gasteiger partial charge >= 0.3 is 0 Å². The molecule has 0 N–H and O–H groups in total. The molecule has 0 aromatic carbocycles. The first-order valence-corrected chi connectivity index (χ1v) is 4.15. The van der Waals surface area contributed by atoms with Crippen LogP contribution >= 0.6 is 0 Å². The van der Waals surface area contributed by atoms with Crippen molar-refractivity contribution in [3.8, 4) is 0 Å². The lowest BCUT2D eigenvalue weighted by Gasteiger charge is -1.92. The summed E-state index contributed by atoms with van der Waals surface area (Å²) in [6, 6.07) is 0. The van der Waals surface area contributed by atoms with E-state index in [9.17, 15) is 0 Å². The summed E-state index contributed by atoms with van der Waals surface area (Å²) in [4.78, 5) is 8.97. The van der Waals surface area contributed by atoms with Gasteiger partial charge in [-0.15, -0.1) is 0 Å². The Labute approximate surface area is 69.6 Å². The fourth-order valence-electron chi connectivity index (χ4n) is 0.371. The third kappa shape index (κ3) is 25.8. The number of hydrogen-bond donors (Lipinski definition) is 0. The molecule has 0 aliphatic heterocycles. The van der Waals surface area contributed by atoms with E-state index in [2.05, 4.69) is 9.78 Å². The molecule has 0 spiro atoms. The minimum absolute atomic E-state index is 0.633. The van der Waals surface area contributed by atoms with Gasteiger partial charge in [0.05, 0.1) is 13.2 Å². The third-order valence-electron chi connectivity index (χ3n) is 0.727. The molecule has 0 amide bonds. The fourth-order valence-corrected chi connectivity index (χ4v) is 0.371. The van der Waals surface area contributed by atoms with Gasteiger partial charge in [0.25, 0.3) is 0 Å². The minimum Gasteiger partial charge on any atom is -0.382 e. The van der Waals surface area contributed by atoms with Gasteiger partial charge in [0.15, 0.2) is 0 Å². The van der Waals surface area contributed by atoms with Crippen LogP contribution < -0.4 is 0 Å². The van der Waals surface area contributed by atoms with E-state index in [1.54, 1.807) is 0 Å². The van der Waals surface area contributed by atoms with Crippen LogP contribution in [0.3, 0.4) is 0 Å². The van der Waals surface area contributed by atoms with E-state index in [0.29, 0.717) is 13.2 Å². The van der Waals surface area contributed by atoms with Crippen molar-refractivity contribution in [2.75, 3.05) is 26.4 Å². The molecule has 0 saturated heterocycles. The van der Waals surface area contributed by atoms with Crippen LogP contribution in [0.25, 0.3) is 0 Å². The average molecular weight is 164 g/mol. The summed E-state index contributed by atoms with van der Waals surface area (Å²) in [5.41, 5.74) is 0. The van der Waals surface area contributed by atoms with Gasteiger partial charge in [0.2, 0.25) is 0 Å². The first-order valence-electron chi connectivity index (χ1n) is 4.15. The zero-order valence-electron chi connectivity index (χ0n) is 8.05. The van der Waals surface area contributed by atoms with Crippen molar-refractivity contribution in [2.24, 2.45) is 0 Å². The quantitative estimate of drug-likeness (QED) is 0.353. The summed E-state index contributed by atoms with van der Waals surface area (Å²) in [5, 5.41) is 0. The number of rotatable bonds is 5. The molecule has 0 aromatic rings. The second kappa shape index (κ2) is 16.5. The van der Waals surface area contributed by atoms with Gasteiger partial charge in [-0.1, -0.05) is 0 Å². The molecule has 0 aliphatic rings. The van der Waals surface area contributed by atoms with Crippen molar-refractivity contribution in [3.05, 3.63) is 0 Å². The Morgan fingerprint density at radius 3 is 1.09 bits per heavy atom. The van der Waals surface area contributed by atoms with E-state index in [4.69, 9.17) is 4.74 Å². The summed E-state index contributed by atoms with van der Waals surface area (Å²) < 4.78 is 4.83. The standard InChI is InChI=1S/C4H10O2.C4H10O/c1-3-5-6-4-2;1-3-5-4-2/h3-4H2,1-2H3;3-4H2,1-2H3. The normalized spacial score (nSPS) is 8.73. The molecule has 0 bridgehead atoms. The van der Waals surface area contributed by atoms with Gasteiger partial charge in [-0.2, -0.15) is 0 Å². The Hall–Kier alpha value is -0.120. The first-order chi connectivity index (χ1) is 5.33. The zero-order chi connectivity index (χ0) is 8.95. The molecular weight excluding hydrogens is 144 g/mol. The topological polar surface area (TPSA) is 27.7 Å². The Bertz CT molecular complexity index is 42.6. The van der Waals surface area contributed by atoms with Crippen LogP contribution in [-0.4, -0.2) is 26.4 Å². The van der Waals surface area contributed by atoms with E-state index in [0.717, 1.165) is 13.2 Å². The van der Waals surface area contributed by atoms with E-state index in [-0.39, 0.29) is 0 Å². The average Bonchev–Trinajstić information content (AvgIpc) is 2.04. The molecule has 0 aromatic heterocycles. The van der Waals surface area contributed by atoms with Gasteiger partial charge in [-0.05, 0) is 27.7 Å². The van der Waals surface area contributed by atoms with Crippen molar-refractivity contribution in [1.29, 1.82) is 0 Å². The Morgan fingerprint density at radius 2 is 1.00 bits per heavy atom. The van der Waals surface area contributed by atoms with E-state index >= 15 is 0 Å². The molecule has 3 nitrogen and oxygen atoms in total. The monoisotopic (exact) mass is 164 g/mol. The van der Waals surface area contributed by atoms with Crippen LogP contribution in [-0.2, 0) is 14.5 Å². The molecule has 0 radical (unpaired) electrons. The summed E-state index contributed by atoms with van der Waals surface area (Å²) in [5.74, 6) is 0. The largest absolute Gasteiger partial charge is 0.382 e. The van der Waals surface area contributed by atoms with Crippen molar-refractivity contribution in [2.45, 2.75) is 27.7 Å². The Kier molecular flexibility index (Phi) is 20.2. The molecule has 0 fully saturated rings. The summed E-state index contributed by atoms with van der Waals surface area (Å²) in [6.07, 6.45) is 0. The molecule has 0 aliphatic carbocycles. The SMILES string of the molecule is CCOCC.CCOOCC. The van der Waals surface area contributed by atoms with Gasteiger partial charge in [0, 0.05) is 13.2 Å². The lowest BCUT2D eigenvalue weighted by molar-refractivity contribution is -0.287. The predicted molar refractivity (Wildman–Crippen MR) is 45.4 cm³/mol. The molecule has 0 saturated carbocycles.